The van der Waals surface area contributed by atoms with Crippen LogP contribution in [0.2, 0.25) is 5.15 Å². The van der Waals surface area contributed by atoms with E-state index in [2.05, 4.69) is 15.6 Å². The van der Waals surface area contributed by atoms with Crippen molar-refractivity contribution in [1.29, 1.82) is 0 Å². The smallest absolute Gasteiger partial charge is 0.241 e. The Morgan fingerprint density at radius 3 is 2.50 bits per heavy atom. The van der Waals surface area contributed by atoms with E-state index in [4.69, 9.17) is 11.6 Å². The molecule has 3 rings (SSSR count). The minimum atomic E-state index is -0.532. The van der Waals surface area contributed by atoms with Gasteiger partial charge in [0.2, 0.25) is 5.91 Å². The second kappa shape index (κ2) is 10.3. The molecule has 0 fully saturated rings. The maximum Gasteiger partial charge on any atom is 0.241 e. The summed E-state index contributed by atoms with van der Waals surface area (Å²) in [6.45, 7) is 1.74. The quantitative estimate of drug-likeness (QED) is 0.503. The summed E-state index contributed by atoms with van der Waals surface area (Å²) in [6, 6.07) is 17.6. The molecule has 0 bridgehead atoms. The summed E-state index contributed by atoms with van der Waals surface area (Å²) >= 11 is 5.89. The topological polar surface area (TPSA) is 54.0 Å². The van der Waals surface area contributed by atoms with Crippen molar-refractivity contribution in [3.05, 3.63) is 100 Å². The van der Waals surface area contributed by atoms with Crippen LogP contribution in [0.15, 0.2) is 66.9 Å². The first-order valence-electron chi connectivity index (χ1n) is 9.87. The van der Waals surface area contributed by atoms with E-state index in [1.54, 1.807) is 32.3 Å². The monoisotopic (exact) mass is 425 g/mol. The molecule has 0 radical (unpaired) electrons. The number of carbonyl (C=O) groups excluding carboxylic acids is 1. The third kappa shape index (κ3) is 5.65. The number of amides is 1. The molecule has 1 aromatic heterocycles. The second-order valence-corrected chi connectivity index (χ2v) is 7.60. The summed E-state index contributed by atoms with van der Waals surface area (Å²) < 4.78 is 13.9. The van der Waals surface area contributed by atoms with Crippen LogP contribution in [0.25, 0.3) is 0 Å². The molecule has 0 saturated heterocycles. The Morgan fingerprint density at radius 1 is 1.10 bits per heavy atom. The van der Waals surface area contributed by atoms with E-state index in [0.29, 0.717) is 17.1 Å². The van der Waals surface area contributed by atoms with Gasteiger partial charge in [-0.2, -0.15) is 0 Å². The van der Waals surface area contributed by atoms with E-state index in [-0.39, 0.29) is 17.8 Å². The molecule has 2 atom stereocenters. The molecule has 1 heterocycles. The second-order valence-electron chi connectivity index (χ2n) is 7.21. The molecule has 1 amide bonds. The Labute approximate surface area is 181 Å². The fourth-order valence-corrected chi connectivity index (χ4v) is 3.52. The zero-order valence-electron chi connectivity index (χ0n) is 17.0. The Balaban J connectivity index is 1.89. The average molecular weight is 426 g/mol. The Kier molecular flexibility index (Phi) is 7.55. The van der Waals surface area contributed by atoms with Crippen molar-refractivity contribution in [3.8, 4) is 0 Å². The lowest BCUT2D eigenvalue weighted by molar-refractivity contribution is -0.123. The molecule has 0 spiro atoms. The summed E-state index contributed by atoms with van der Waals surface area (Å²) in [6.07, 6.45) is 3.19. The minimum absolute atomic E-state index is 0.127. The maximum atomic E-state index is 13.9. The van der Waals surface area contributed by atoms with Gasteiger partial charge >= 0.3 is 0 Å². The van der Waals surface area contributed by atoms with Gasteiger partial charge in [-0.3, -0.25) is 10.1 Å². The molecule has 0 saturated carbocycles. The van der Waals surface area contributed by atoms with Gasteiger partial charge in [0.1, 0.15) is 17.0 Å². The van der Waals surface area contributed by atoms with Crippen LogP contribution in [0.5, 0.6) is 0 Å². The Hall–Kier alpha value is -2.76. The largest absolute Gasteiger partial charge is 0.358 e. The number of nitrogens with zero attached hydrogens (tertiary/aromatic N) is 1. The molecule has 0 unspecified atom stereocenters. The summed E-state index contributed by atoms with van der Waals surface area (Å²) in [7, 11) is 1.62. The lowest BCUT2D eigenvalue weighted by Gasteiger charge is -2.26. The highest BCUT2D eigenvalue weighted by molar-refractivity contribution is 6.29. The lowest BCUT2D eigenvalue weighted by atomic mass is 9.95. The minimum Gasteiger partial charge on any atom is -0.358 e. The molecule has 0 aliphatic heterocycles. The van der Waals surface area contributed by atoms with E-state index in [1.807, 2.05) is 42.5 Å². The molecule has 3 aromatic rings. The summed E-state index contributed by atoms with van der Waals surface area (Å²) in [5, 5.41) is 6.67. The highest BCUT2D eigenvalue weighted by Gasteiger charge is 2.24. The van der Waals surface area contributed by atoms with Crippen LogP contribution in [0.1, 0.15) is 40.8 Å². The maximum absolute atomic E-state index is 13.9. The van der Waals surface area contributed by atoms with Gasteiger partial charge in [-0.25, -0.2) is 9.37 Å². The van der Waals surface area contributed by atoms with Gasteiger partial charge in [-0.15, -0.1) is 0 Å². The van der Waals surface area contributed by atoms with Crippen molar-refractivity contribution in [2.75, 3.05) is 7.05 Å². The number of nitrogens with one attached hydrogen (secondary N) is 2. The predicted molar refractivity (Wildman–Crippen MR) is 118 cm³/mol. The summed E-state index contributed by atoms with van der Waals surface area (Å²) in [4.78, 5) is 16.8. The number of hydrogen-bond donors (Lipinski definition) is 2. The zero-order valence-corrected chi connectivity index (χ0v) is 17.8. The van der Waals surface area contributed by atoms with E-state index in [1.165, 1.54) is 6.07 Å². The Morgan fingerprint density at radius 2 is 1.87 bits per heavy atom. The highest BCUT2D eigenvalue weighted by Crippen LogP contribution is 2.26. The number of likely N-dealkylation sites (N-methyl/N-ethyl adjacent to an activating group) is 1. The van der Waals surface area contributed by atoms with Gasteiger partial charge in [0.15, 0.2) is 0 Å². The van der Waals surface area contributed by atoms with Gasteiger partial charge in [0.05, 0.1) is 0 Å². The first-order valence-corrected chi connectivity index (χ1v) is 10.2. The van der Waals surface area contributed by atoms with Crippen molar-refractivity contribution in [1.82, 2.24) is 15.6 Å². The van der Waals surface area contributed by atoms with E-state index < -0.39 is 6.04 Å². The molecule has 0 aliphatic rings. The van der Waals surface area contributed by atoms with Crippen LogP contribution in [0, 0.1) is 12.7 Å². The van der Waals surface area contributed by atoms with Crippen molar-refractivity contribution in [3.63, 3.8) is 0 Å². The molecule has 6 heteroatoms. The summed E-state index contributed by atoms with van der Waals surface area (Å²) in [5.41, 5.74) is 3.42. The average Bonchev–Trinajstić information content (AvgIpc) is 2.77. The Bertz CT molecular complexity index is 980. The first kappa shape index (κ1) is 21.9. The van der Waals surface area contributed by atoms with Crippen molar-refractivity contribution in [2.45, 2.75) is 31.8 Å². The molecule has 2 N–H and O–H groups in total. The lowest BCUT2D eigenvalue weighted by Crippen LogP contribution is -2.38. The summed E-state index contributed by atoms with van der Waals surface area (Å²) in [5.74, 6) is -0.372. The molecule has 0 aliphatic carbocycles. The van der Waals surface area contributed by atoms with Crippen LogP contribution in [-0.2, 0) is 11.2 Å². The molecular weight excluding hydrogens is 401 g/mol. The van der Waals surface area contributed by atoms with Crippen LogP contribution in [-0.4, -0.2) is 17.9 Å². The van der Waals surface area contributed by atoms with E-state index >= 15 is 0 Å². The molecule has 2 aromatic carbocycles. The SMILES string of the molecule is CNC(=O)[C@@H](N[C@@H](CCc1ccc(Cl)nc1)c1ccc(F)c(C)c1)c1ccccc1. The zero-order chi connectivity index (χ0) is 21.5. The molecule has 30 heavy (non-hydrogen) atoms. The van der Waals surface area contributed by atoms with Crippen molar-refractivity contribution >= 4 is 17.5 Å². The van der Waals surface area contributed by atoms with Gasteiger partial charge in [0.25, 0.3) is 0 Å². The van der Waals surface area contributed by atoms with Crippen molar-refractivity contribution < 1.29 is 9.18 Å². The van der Waals surface area contributed by atoms with Gasteiger partial charge in [-0.1, -0.05) is 60.1 Å². The molecule has 156 valence electrons. The van der Waals surface area contributed by atoms with Crippen LogP contribution in [0.3, 0.4) is 0 Å². The number of aromatic nitrogens is 1. The number of halogens is 2. The number of aryl methyl sites for hydroxylation is 2. The predicted octanol–water partition coefficient (Wildman–Crippen LogP) is 4.93. The number of rotatable bonds is 8. The fourth-order valence-electron chi connectivity index (χ4n) is 3.41. The number of pyridine rings is 1. The van der Waals surface area contributed by atoms with Gasteiger partial charge in [0, 0.05) is 19.3 Å². The third-order valence-corrected chi connectivity index (χ3v) is 5.33. The van der Waals surface area contributed by atoms with Crippen LogP contribution < -0.4 is 10.6 Å². The van der Waals surface area contributed by atoms with Crippen LogP contribution >= 0.6 is 11.6 Å². The molecule has 4 nitrogen and oxygen atoms in total. The number of hydrogen-bond acceptors (Lipinski definition) is 3. The van der Waals surface area contributed by atoms with E-state index in [0.717, 1.165) is 23.1 Å². The number of carbonyl (C=O) groups is 1. The van der Waals surface area contributed by atoms with Gasteiger partial charge < -0.3 is 5.32 Å². The molecular formula is C24H25ClFN3O. The van der Waals surface area contributed by atoms with Crippen LogP contribution in [0.4, 0.5) is 4.39 Å². The van der Waals surface area contributed by atoms with Gasteiger partial charge in [-0.05, 0) is 54.2 Å². The standard InChI is InChI=1S/C24H25ClFN3O/c1-16-14-19(10-11-20(16)26)21(12-8-17-9-13-22(25)28-15-17)29-23(24(30)27-2)18-6-4-3-5-7-18/h3-7,9-11,13-15,21,23,29H,8,12H2,1-2H3,(H,27,30)/t21-,23-/m0/s1. The van der Waals surface area contributed by atoms with E-state index in [9.17, 15) is 9.18 Å². The normalized spacial score (nSPS) is 12.9. The van der Waals surface area contributed by atoms with Crippen molar-refractivity contribution in [2.24, 2.45) is 0 Å². The first-order chi connectivity index (χ1) is 14.5. The highest BCUT2D eigenvalue weighted by atomic mass is 35.5. The third-order valence-electron chi connectivity index (χ3n) is 5.10. The fraction of sp³-hybridized carbons (Fsp3) is 0.250. The number of benzene rings is 2.